The molecule has 2 aliphatic heterocycles. The number of rotatable bonds is 5. The van der Waals surface area contributed by atoms with Crippen molar-refractivity contribution >= 4 is 12.0 Å². The minimum Gasteiger partial charge on any atom is -0.352 e. The van der Waals surface area contributed by atoms with Gasteiger partial charge in [-0.05, 0) is 44.8 Å². The quantitative estimate of drug-likeness (QED) is 0.797. The molecular formula is C16H26N6O. The van der Waals surface area contributed by atoms with Gasteiger partial charge >= 0.3 is 6.03 Å². The fourth-order valence-electron chi connectivity index (χ4n) is 3.39. The average molecular weight is 318 g/mol. The molecular weight excluding hydrogens is 292 g/mol. The maximum Gasteiger partial charge on any atom is 0.317 e. The lowest BCUT2D eigenvalue weighted by molar-refractivity contribution is 0.125. The van der Waals surface area contributed by atoms with Crippen LogP contribution in [-0.4, -0.2) is 71.1 Å². The third-order valence-electron chi connectivity index (χ3n) is 4.59. The molecule has 0 saturated carbocycles. The van der Waals surface area contributed by atoms with E-state index in [1.54, 1.807) is 18.5 Å². The lowest BCUT2D eigenvalue weighted by Crippen LogP contribution is -2.52. The van der Waals surface area contributed by atoms with E-state index < -0.39 is 0 Å². The fraction of sp³-hybridized carbons (Fsp3) is 0.688. The second-order valence-electron chi connectivity index (χ2n) is 6.22. The number of amides is 2. The maximum atomic E-state index is 12.3. The zero-order chi connectivity index (χ0) is 15.9. The third kappa shape index (κ3) is 4.54. The minimum atomic E-state index is 0.0460. The van der Waals surface area contributed by atoms with Gasteiger partial charge in [-0.2, -0.15) is 0 Å². The number of piperidine rings is 1. The van der Waals surface area contributed by atoms with Gasteiger partial charge in [-0.3, -0.25) is 4.90 Å². The van der Waals surface area contributed by atoms with Gasteiger partial charge in [-0.25, -0.2) is 14.8 Å². The molecule has 3 heterocycles. The van der Waals surface area contributed by atoms with Crippen molar-refractivity contribution < 1.29 is 4.79 Å². The summed E-state index contributed by atoms with van der Waals surface area (Å²) < 4.78 is 0. The van der Waals surface area contributed by atoms with Crippen LogP contribution in [0.15, 0.2) is 18.5 Å². The average Bonchev–Trinajstić information content (AvgIpc) is 3.14. The Labute approximate surface area is 137 Å². The maximum absolute atomic E-state index is 12.3. The number of urea groups is 1. The normalized spacial score (nSPS) is 22.1. The summed E-state index contributed by atoms with van der Waals surface area (Å²) in [5, 5.41) is 6.08. The summed E-state index contributed by atoms with van der Waals surface area (Å²) in [5.41, 5.74) is 0. The predicted molar refractivity (Wildman–Crippen MR) is 89.3 cm³/mol. The number of hydrogen-bond acceptors (Lipinski definition) is 5. The zero-order valence-corrected chi connectivity index (χ0v) is 13.6. The van der Waals surface area contributed by atoms with Gasteiger partial charge in [0.15, 0.2) is 0 Å². The van der Waals surface area contributed by atoms with Crippen LogP contribution < -0.4 is 10.6 Å². The first kappa shape index (κ1) is 16.0. The molecule has 2 N–H and O–H groups in total. The van der Waals surface area contributed by atoms with Crippen LogP contribution in [0.4, 0.5) is 10.7 Å². The van der Waals surface area contributed by atoms with Crippen molar-refractivity contribution in [2.75, 3.05) is 44.6 Å². The Morgan fingerprint density at radius 2 is 1.91 bits per heavy atom. The Balaban J connectivity index is 1.37. The summed E-state index contributed by atoms with van der Waals surface area (Å²) in [6.07, 6.45) is 8.31. The minimum absolute atomic E-state index is 0.0460. The number of likely N-dealkylation sites (tertiary alicyclic amines) is 2. The summed E-state index contributed by atoms with van der Waals surface area (Å²) in [7, 11) is 0. The van der Waals surface area contributed by atoms with Crippen LogP contribution in [0.1, 0.15) is 25.7 Å². The van der Waals surface area contributed by atoms with Gasteiger partial charge < -0.3 is 15.5 Å². The Morgan fingerprint density at radius 1 is 1.13 bits per heavy atom. The van der Waals surface area contributed by atoms with Gasteiger partial charge in [0.25, 0.3) is 0 Å². The first-order valence-corrected chi connectivity index (χ1v) is 8.60. The fourth-order valence-corrected chi connectivity index (χ4v) is 3.39. The molecule has 1 atom stereocenters. The van der Waals surface area contributed by atoms with Crippen LogP contribution in [-0.2, 0) is 0 Å². The number of carbonyl (C=O) groups excluding carboxylic acids is 1. The van der Waals surface area contributed by atoms with Crippen LogP contribution in [0.5, 0.6) is 0 Å². The SMILES string of the molecule is O=C(NCCNc1ncccn1)N1CCC[C@@H](N2CCCC2)C1. The number of nitrogens with zero attached hydrogens (tertiary/aromatic N) is 4. The van der Waals surface area contributed by atoms with E-state index in [1.807, 2.05) is 4.90 Å². The number of carbonyl (C=O) groups is 1. The number of nitrogens with one attached hydrogen (secondary N) is 2. The standard InChI is InChI=1S/C16H26N6O/c23-16(20-9-8-19-15-17-6-4-7-18-15)22-12-3-5-14(13-22)21-10-1-2-11-21/h4,6-7,14H,1-3,5,8-13H2,(H,20,23)(H,17,18,19)/t14-/m1/s1. The molecule has 2 saturated heterocycles. The summed E-state index contributed by atoms with van der Waals surface area (Å²) in [6, 6.07) is 2.37. The Bertz CT molecular complexity index is 491. The third-order valence-corrected chi connectivity index (χ3v) is 4.59. The Morgan fingerprint density at radius 3 is 2.70 bits per heavy atom. The molecule has 0 unspecified atom stereocenters. The van der Waals surface area contributed by atoms with Gasteiger partial charge in [0.05, 0.1) is 0 Å². The molecule has 1 aromatic rings. The lowest BCUT2D eigenvalue weighted by Gasteiger charge is -2.37. The van der Waals surface area contributed by atoms with Crippen molar-refractivity contribution in [2.24, 2.45) is 0 Å². The van der Waals surface area contributed by atoms with Crippen molar-refractivity contribution in [1.82, 2.24) is 25.1 Å². The van der Waals surface area contributed by atoms with E-state index >= 15 is 0 Å². The topological polar surface area (TPSA) is 73.4 Å². The molecule has 0 spiro atoms. The summed E-state index contributed by atoms with van der Waals surface area (Å²) in [6.45, 7) is 5.32. The molecule has 7 heteroatoms. The highest BCUT2D eigenvalue weighted by atomic mass is 16.2. The molecule has 0 radical (unpaired) electrons. The molecule has 1 aromatic heterocycles. The summed E-state index contributed by atoms with van der Waals surface area (Å²) in [5.74, 6) is 0.591. The molecule has 23 heavy (non-hydrogen) atoms. The van der Waals surface area contributed by atoms with E-state index in [0.717, 1.165) is 19.5 Å². The number of hydrogen-bond donors (Lipinski definition) is 2. The van der Waals surface area contributed by atoms with Crippen LogP contribution in [0, 0.1) is 0 Å². The van der Waals surface area contributed by atoms with Crippen LogP contribution in [0.3, 0.4) is 0 Å². The van der Waals surface area contributed by atoms with Gasteiger partial charge in [-0.15, -0.1) is 0 Å². The van der Waals surface area contributed by atoms with E-state index in [-0.39, 0.29) is 6.03 Å². The van der Waals surface area contributed by atoms with Crippen molar-refractivity contribution in [2.45, 2.75) is 31.7 Å². The predicted octanol–water partition coefficient (Wildman–Crippen LogP) is 1.16. The van der Waals surface area contributed by atoms with E-state index in [2.05, 4.69) is 25.5 Å². The Hall–Kier alpha value is -1.89. The molecule has 2 amide bonds. The zero-order valence-electron chi connectivity index (χ0n) is 13.6. The van der Waals surface area contributed by atoms with Gasteiger partial charge in [0.1, 0.15) is 0 Å². The van der Waals surface area contributed by atoms with Crippen molar-refractivity contribution in [1.29, 1.82) is 0 Å². The molecule has 7 nitrogen and oxygen atoms in total. The van der Waals surface area contributed by atoms with E-state index in [0.29, 0.717) is 25.1 Å². The van der Waals surface area contributed by atoms with Gasteiger partial charge in [0, 0.05) is 44.6 Å². The van der Waals surface area contributed by atoms with Crippen LogP contribution >= 0.6 is 0 Å². The highest BCUT2D eigenvalue weighted by Crippen LogP contribution is 2.20. The van der Waals surface area contributed by atoms with E-state index in [4.69, 9.17) is 0 Å². The molecule has 0 aliphatic carbocycles. The largest absolute Gasteiger partial charge is 0.352 e. The molecule has 126 valence electrons. The molecule has 2 fully saturated rings. The smallest absolute Gasteiger partial charge is 0.317 e. The monoisotopic (exact) mass is 318 g/mol. The first-order valence-electron chi connectivity index (χ1n) is 8.60. The van der Waals surface area contributed by atoms with Crippen LogP contribution in [0.2, 0.25) is 0 Å². The Kier molecular flexibility index (Phi) is 5.63. The summed E-state index contributed by atoms with van der Waals surface area (Å²) in [4.78, 5) is 25.0. The van der Waals surface area contributed by atoms with Gasteiger partial charge in [-0.1, -0.05) is 0 Å². The van der Waals surface area contributed by atoms with Crippen molar-refractivity contribution in [3.8, 4) is 0 Å². The second-order valence-corrected chi connectivity index (χ2v) is 6.22. The highest BCUT2D eigenvalue weighted by Gasteiger charge is 2.28. The molecule has 3 rings (SSSR count). The molecule has 0 bridgehead atoms. The van der Waals surface area contributed by atoms with Crippen molar-refractivity contribution in [3.05, 3.63) is 18.5 Å². The second kappa shape index (κ2) is 8.10. The summed E-state index contributed by atoms with van der Waals surface area (Å²) >= 11 is 0. The molecule has 2 aliphatic rings. The van der Waals surface area contributed by atoms with Crippen LogP contribution in [0.25, 0.3) is 0 Å². The van der Waals surface area contributed by atoms with E-state index in [1.165, 1.54) is 32.4 Å². The van der Waals surface area contributed by atoms with E-state index in [9.17, 15) is 4.79 Å². The highest BCUT2D eigenvalue weighted by molar-refractivity contribution is 5.74. The molecule has 0 aromatic carbocycles. The number of aromatic nitrogens is 2. The van der Waals surface area contributed by atoms with Crippen molar-refractivity contribution in [3.63, 3.8) is 0 Å². The lowest BCUT2D eigenvalue weighted by atomic mass is 10.0. The number of anilines is 1. The first-order chi connectivity index (χ1) is 11.3. The van der Waals surface area contributed by atoms with Gasteiger partial charge in [0.2, 0.25) is 5.95 Å².